The molecule has 0 N–H and O–H groups in total. The lowest BCUT2D eigenvalue weighted by Gasteiger charge is -2.04. The van der Waals surface area contributed by atoms with E-state index in [1.54, 1.807) is 11.8 Å². The van der Waals surface area contributed by atoms with Crippen molar-refractivity contribution in [3.05, 3.63) is 34.9 Å². The molecule has 0 aliphatic heterocycles. The average Bonchev–Trinajstić information content (AvgIpc) is 2.32. The van der Waals surface area contributed by atoms with E-state index >= 15 is 0 Å². The lowest BCUT2D eigenvalue weighted by molar-refractivity contribution is -0.140. The summed E-state index contributed by atoms with van der Waals surface area (Å²) in [5.74, 6) is 1.09. The standard InChI is InChI=1S/C13H17ClO2S/c1-2-3-8-16-13(15)10-17-9-11-4-6-12(14)7-5-11/h4-7H,2-3,8-10H2,1H3. The molecule has 2 nitrogen and oxygen atoms in total. The van der Waals surface area contributed by atoms with E-state index in [1.807, 2.05) is 24.3 Å². The van der Waals surface area contributed by atoms with Gasteiger partial charge in [-0.1, -0.05) is 37.1 Å². The summed E-state index contributed by atoms with van der Waals surface area (Å²) >= 11 is 7.35. The molecule has 0 heterocycles. The number of ether oxygens (including phenoxy) is 1. The van der Waals surface area contributed by atoms with E-state index in [2.05, 4.69) is 6.92 Å². The van der Waals surface area contributed by atoms with Gasteiger partial charge in [0.2, 0.25) is 0 Å². The first-order valence-corrected chi connectivity index (χ1v) is 7.23. The minimum absolute atomic E-state index is 0.127. The smallest absolute Gasteiger partial charge is 0.315 e. The van der Waals surface area contributed by atoms with Crippen molar-refractivity contribution in [1.82, 2.24) is 0 Å². The van der Waals surface area contributed by atoms with Gasteiger partial charge in [0.1, 0.15) is 0 Å². The van der Waals surface area contributed by atoms with E-state index < -0.39 is 0 Å². The topological polar surface area (TPSA) is 26.3 Å². The maximum absolute atomic E-state index is 11.3. The largest absolute Gasteiger partial charge is 0.465 e. The predicted octanol–water partition coefficient (Wildman–Crippen LogP) is 3.92. The third kappa shape index (κ3) is 6.59. The lowest BCUT2D eigenvalue weighted by atomic mass is 10.2. The molecule has 1 rings (SSSR count). The van der Waals surface area contributed by atoms with Crippen molar-refractivity contribution < 1.29 is 9.53 Å². The Morgan fingerprint density at radius 1 is 1.35 bits per heavy atom. The minimum atomic E-state index is -0.127. The highest BCUT2D eigenvalue weighted by molar-refractivity contribution is 7.99. The number of carbonyl (C=O) groups excluding carboxylic acids is 1. The molecule has 0 atom stereocenters. The molecule has 1 aromatic rings. The highest BCUT2D eigenvalue weighted by Crippen LogP contribution is 2.15. The van der Waals surface area contributed by atoms with Gasteiger partial charge in [0.25, 0.3) is 0 Å². The molecule has 0 saturated heterocycles. The molecule has 0 unspecified atom stereocenters. The summed E-state index contributed by atoms with van der Waals surface area (Å²) in [6.07, 6.45) is 1.98. The van der Waals surface area contributed by atoms with Crippen molar-refractivity contribution in [3.63, 3.8) is 0 Å². The molecule has 94 valence electrons. The first-order valence-electron chi connectivity index (χ1n) is 5.70. The molecule has 0 aromatic heterocycles. The summed E-state index contributed by atoms with van der Waals surface area (Å²) in [4.78, 5) is 11.3. The number of unbranched alkanes of at least 4 members (excludes halogenated alkanes) is 1. The normalized spacial score (nSPS) is 10.2. The second kappa shape index (κ2) is 8.43. The van der Waals surface area contributed by atoms with Gasteiger partial charge in [-0.05, 0) is 24.1 Å². The van der Waals surface area contributed by atoms with Crippen LogP contribution in [-0.4, -0.2) is 18.3 Å². The van der Waals surface area contributed by atoms with Crippen LogP contribution in [0, 0.1) is 0 Å². The van der Waals surface area contributed by atoms with Crippen LogP contribution in [0.2, 0.25) is 5.02 Å². The van der Waals surface area contributed by atoms with Crippen LogP contribution in [0.15, 0.2) is 24.3 Å². The second-order valence-electron chi connectivity index (χ2n) is 3.69. The van der Waals surface area contributed by atoms with Crippen LogP contribution >= 0.6 is 23.4 Å². The third-order valence-corrected chi connectivity index (χ3v) is 3.39. The summed E-state index contributed by atoms with van der Waals surface area (Å²) in [6, 6.07) is 7.66. The number of hydrogen-bond acceptors (Lipinski definition) is 3. The molecule has 0 aliphatic rings. The van der Waals surface area contributed by atoms with Crippen LogP contribution in [-0.2, 0) is 15.3 Å². The fourth-order valence-corrected chi connectivity index (χ4v) is 2.11. The van der Waals surface area contributed by atoms with E-state index in [4.69, 9.17) is 16.3 Å². The monoisotopic (exact) mass is 272 g/mol. The number of thioether (sulfide) groups is 1. The van der Waals surface area contributed by atoms with Crippen LogP contribution < -0.4 is 0 Å². The summed E-state index contributed by atoms with van der Waals surface area (Å²) in [6.45, 7) is 2.61. The molecular formula is C13H17ClO2S. The van der Waals surface area contributed by atoms with Crippen molar-refractivity contribution in [1.29, 1.82) is 0 Å². The fourth-order valence-electron chi connectivity index (χ4n) is 1.20. The van der Waals surface area contributed by atoms with Crippen molar-refractivity contribution in [2.45, 2.75) is 25.5 Å². The van der Waals surface area contributed by atoms with Crippen LogP contribution in [0.1, 0.15) is 25.3 Å². The molecule has 0 radical (unpaired) electrons. The molecule has 0 fully saturated rings. The summed E-state index contributed by atoms with van der Waals surface area (Å²) in [7, 11) is 0. The van der Waals surface area contributed by atoms with Crippen molar-refractivity contribution in [3.8, 4) is 0 Å². The minimum Gasteiger partial charge on any atom is -0.465 e. The van der Waals surface area contributed by atoms with E-state index in [-0.39, 0.29) is 5.97 Å². The van der Waals surface area contributed by atoms with E-state index in [0.29, 0.717) is 12.4 Å². The zero-order chi connectivity index (χ0) is 12.5. The molecule has 0 amide bonds. The van der Waals surface area contributed by atoms with Crippen molar-refractivity contribution in [2.75, 3.05) is 12.4 Å². The van der Waals surface area contributed by atoms with Crippen molar-refractivity contribution >= 4 is 29.3 Å². The van der Waals surface area contributed by atoms with Gasteiger partial charge in [-0.3, -0.25) is 4.79 Å². The van der Waals surface area contributed by atoms with E-state index in [0.717, 1.165) is 23.6 Å². The highest BCUT2D eigenvalue weighted by atomic mass is 35.5. The number of carbonyl (C=O) groups is 1. The molecule has 17 heavy (non-hydrogen) atoms. The number of esters is 1. The quantitative estimate of drug-likeness (QED) is 0.556. The average molecular weight is 273 g/mol. The first-order chi connectivity index (χ1) is 8.22. The maximum Gasteiger partial charge on any atom is 0.315 e. The lowest BCUT2D eigenvalue weighted by Crippen LogP contribution is -2.08. The Morgan fingerprint density at radius 3 is 2.71 bits per heavy atom. The van der Waals surface area contributed by atoms with E-state index in [1.165, 1.54) is 5.56 Å². The Balaban J connectivity index is 2.14. The van der Waals surface area contributed by atoms with Crippen LogP contribution in [0.5, 0.6) is 0 Å². The Hall–Kier alpha value is -0.670. The van der Waals surface area contributed by atoms with E-state index in [9.17, 15) is 4.79 Å². The fraction of sp³-hybridized carbons (Fsp3) is 0.462. The first kappa shape index (κ1) is 14.4. The van der Waals surface area contributed by atoms with Gasteiger partial charge < -0.3 is 4.74 Å². The maximum atomic E-state index is 11.3. The Morgan fingerprint density at radius 2 is 2.06 bits per heavy atom. The van der Waals surface area contributed by atoms with Gasteiger partial charge in [0.15, 0.2) is 0 Å². The number of rotatable bonds is 7. The predicted molar refractivity (Wildman–Crippen MR) is 73.5 cm³/mol. The van der Waals surface area contributed by atoms with Gasteiger partial charge >= 0.3 is 5.97 Å². The Bertz CT molecular complexity index is 338. The van der Waals surface area contributed by atoms with Crippen LogP contribution in [0.25, 0.3) is 0 Å². The molecule has 1 aromatic carbocycles. The SMILES string of the molecule is CCCCOC(=O)CSCc1ccc(Cl)cc1. The van der Waals surface area contributed by atoms with Crippen LogP contribution in [0.4, 0.5) is 0 Å². The van der Waals surface area contributed by atoms with Gasteiger partial charge in [-0.25, -0.2) is 0 Å². The van der Waals surface area contributed by atoms with Gasteiger partial charge in [0, 0.05) is 10.8 Å². The zero-order valence-electron chi connectivity index (χ0n) is 9.95. The Kier molecular flexibility index (Phi) is 7.13. The van der Waals surface area contributed by atoms with Gasteiger partial charge in [-0.2, -0.15) is 0 Å². The summed E-state index contributed by atoms with van der Waals surface area (Å²) in [5, 5.41) is 0.734. The van der Waals surface area contributed by atoms with Gasteiger partial charge in [-0.15, -0.1) is 11.8 Å². The highest BCUT2D eigenvalue weighted by Gasteiger charge is 2.02. The number of benzene rings is 1. The molecule has 0 spiro atoms. The molecule has 4 heteroatoms. The van der Waals surface area contributed by atoms with Crippen molar-refractivity contribution in [2.24, 2.45) is 0 Å². The molecule has 0 saturated carbocycles. The van der Waals surface area contributed by atoms with Gasteiger partial charge in [0.05, 0.1) is 12.4 Å². The van der Waals surface area contributed by atoms with Crippen LogP contribution in [0.3, 0.4) is 0 Å². The zero-order valence-corrected chi connectivity index (χ0v) is 11.5. The second-order valence-corrected chi connectivity index (χ2v) is 5.12. The molecule has 0 bridgehead atoms. The number of hydrogen-bond donors (Lipinski definition) is 0. The molecule has 0 aliphatic carbocycles. The summed E-state index contributed by atoms with van der Waals surface area (Å²) < 4.78 is 5.06. The Labute approximate surface area is 112 Å². The number of halogens is 1. The summed E-state index contributed by atoms with van der Waals surface area (Å²) in [5.41, 5.74) is 1.17. The molecular weight excluding hydrogens is 256 g/mol. The third-order valence-electron chi connectivity index (χ3n) is 2.16.